The molecule has 2 aromatic carbocycles. The number of thiophene rings is 1. The number of rotatable bonds is 8. The van der Waals surface area contributed by atoms with Crippen LogP contribution in [-0.4, -0.2) is 44.2 Å². The molecule has 2 atom stereocenters. The number of hydrogen-bond donors (Lipinski definition) is 2. The second kappa shape index (κ2) is 12.1. The third-order valence-electron chi connectivity index (χ3n) is 7.08. The Labute approximate surface area is 229 Å². The quantitative estimate of drug-likeness (QED) is 0.317. The van der Waals surface area contributed by atoms with Crippen molar-refractivity contribution in [2.75, 3.05) is 19.4 Å². The van der Waals surface area contributed by atoms with E-state index in [1.807, 2.05) is 36.4 Å². The van der Waals surface area contributed by atoms with Gasteiger partial charge in [-0.1, -0.05) is 12.5 Å². The maximum absolute atomic E-state index is 12.0. The Balaban J connectivity index is 0.00000320. The number of halogens is 1. The molecular weight excluding hydrogens is 530 g/mol. The molecule has 0 spiro atoms. The molecule has 1 fully saturated rings. The summed E-state index contributed by atoms with van der Waals surface area (Å²) in [5, 5.41) is 14.2. The van der Waals surface area contributed by atoms with Crippen molar-refractivity contribution in [3.05, 3.63) is 53.4 Å². The molecule has 200 valence electrons. The lowest BCUT2D eigenvalue weighted by Crippen LogP contribution is -2.35. The number of benzene rings is 2. The Morgan fingerprint density at radius 1 is 1.08 bits per heavy atom. The molecule has 5 rings (SSSR count). The number of phenolic OH excluding ortho intramolecular Hbond substituents is 1. The molecule has 2 heterocycles. The molecule has 0 saturated carbocycles. The summed E-state index contributed by atoms with van der Waals surface area (Å²) in [7, 11) is -3.06. The zero-order valence-electron chi connectivity index (χ0n) is 20.9. The van der Waals surface area contributed by atoms with E-state index >= 15 is 0 Å². The predicted molar refractivity (Wildman–Crippen MR) is 153 cm³/mol. The first-order valence-electron chi connectivity index (χ1n) is 12.6. The second-order valence-electron chi connectivity index (χ2n) is 9.75. The van der Waals surface area contributed by atoms with Crippen molar-refractivity contribution in [1.82, 2.24) is 5.32 Å². The van der Waals surface area contributed by atoms with Gasteiger partial charge in [-0.2, -0.15) is 0 Å². The standard InChI is InChI=1S/C28H33NO5S2.ClH/c1-36(31,32)24-12-5-19(6-13-24)28-27(25-14-7-21(30)18-26(25)35-28)34-23-10-8-22(9-11-23)33-17-15-20-4-2-3-16-29-20;/h5,7-11,14,18,20,24,29-30H,2-4,6,12-13,15-17H2,1H3;1H. The SMILES string of the molecule is CS(=O)(=O)C1CC=C(c2sc3cc(O)ccc3c2Oc2ccc(OCCC3CCCCN3)cc2)CC1.Cl. The van der Waals surface area contributed by atoms with E-state index in [9.17, 15) is 13.5 Å². The van der Waals surface area contributed by atoms with Gasteiger partial charge in [-0.25, -0.2) is 8.42 Å². The minimum Gasteiger partial charge on any atom is -0.508 e. The molecule has 0 bridgehead atoms. The third kappa shape index (κ3) is 6.79. The number of allylic oxidation sites excluding steroid dienone is 2. The maximum Gasteiger partial charge on any atom is 0.153 e. The normalized spacial score (nSPS) is 20.2. The molecule has 37 heavy (non-hydrogen) atoms. The van der Waals surface area contributed by atoms with Gasteiger partial charge in [0.1, 0.15) is 17.2 Å². The number of aromatic hydroxyl groups is 1. The summed E-state index contributed by atoms with van der Waals surface area (Å²) in [6.45, 7) is 1.79. The summed E-state index contributed by atoms with van der Waals surface area (Å²) in [5.41, 5.74) is 1.10. The summed E-state index contributed by atoms with van der Waals surface area (Å²) in [4.78, 5) is 0.989. The minimum atomic E-state index is -3.06. The lowest BCUT2D eigenvalue weighted by molar-refractivity contribution is 0.268. The van der Waals surface area contributed by atoms with E-state index in [4.69, 9.17) is 9.47 Å². The molecule has 2 aliphatic rings. The number of phenols is 1. The van der Waals surface area contributed by atoms with Crippen LogP contribution in [0.4, 0.5) is 0 Å². The van der Waals surface area contributed by atoms with Gasteiger partial charge in [-0.15, -0.1) is 23.7 Å². The van der Waals surface area contributed by atoms with Gasteiger partial charge in [0.15, 0.2) is 15.6 Å². The topological polar surface area (TPSA) is 84.9 Å². The minimum absolute atomic E-state index is 0. The molecule has 1 aromatic heterocycles. The Kier molecular flexibility index (Phi) is 9.06. The molecule has 0 radical (unpaired) electrons. The smallest absolute Gasteiger partial charge is 0.153 e. The Hall–Kier alpha value is -2.26. The van der Waals surface area contributed by atoms with Crippen molar-refractivity contribution in [2.24, 2.45) is 0 Å². The number of sulfone groups is 1. The largest absolute Gasteiger partial charge is 0.508 e. The van der Waals surface area contributed by atoms with Crippen molar-refractivity contribution >= 4 is 49.2 Å². The van der Waals surface area contributed by atoms with Crippen molar-refractivity contribution in [2.45, 2.75) is 56.2 Å². The highest BCUT2D eigenvalue weighted by Gasteiger charge is 2.26. The molecule has 0 amide bonds. The highest BCUT2D eigenvalue weighted by atomic mass is 35.5. The average Bonchev–Trinajstić information content (AvgIpc) is 3.22. The Bertz CT molecular complexity index is 1340. The number of fused-ring (bicyclic) bond motifs is 1. The molecule has 9 heteroatoms. The zero-order valence-corrected chi connectivity index (χ0v) is 23.4. The molecule has 1 aliphatic carbocycles. The van der Waals surface area contributed by atoms with Crippen LogP contribution in [0.5, 0.6) is 23.0 Å². The van der Waals surface area contributed by atoms with Gasteiger partial charge < -0.3 is 19.9 Å². The lowest BCUT2D eigenvalue weighted by Gasteiger charge is -2.23. The molecule has 1 aliphatic heterocycles. The highest BCUT2D eigenvalue weighted by Crippen LogP contribution is 2.47. The number of ether oxygens (including phenoxy) is 2. The fraction of sp³-hybridized carbons (Fsp3) is 0.429. The second-order valence-corrected chi connectivity index (χ2v) is 13.1. The van der Waals surface area contributed by atoms with Gasteiger partial charge in [0.05, 0.1) is 16.7 Å². The van der Waals surface area contributed by atoms with Crippen LogP contribution in [0.1, 0.15) is 49.8 Å². The van der Waals surface area contributed by atoms with Crippen LogP contribution in [0.15, 0.2) is 48.5 Å². The maximum atomic E-state index is 12.0. The lowest BCUT2D eigenvalue weighted by atomic mass is 9.97. The molecule has 2 unspecified atom stereocenters. The number of hydrogen-bond acceptors (Lipinski definition) is 7. The van der Waals surface area contributed by atoms with Crippen molar-refractivity contribution in [3.8, 4) is 23.0 Å². The molecule has 3 aromatic rings. The predicted octanol–water partition coefficient (Wildman–Crippen LogP) is 6.71. The van der Waals surface area contributed by atoms with Crippen molar-refractivity contribution in [3.63, 3.8) is 0 Å². The fourth-order valence-electron chi connectivity index (χ4n) is 4.99. The number of nitrogens with one attached hydrogen (secondary N) is 1. The first kappa shape index (κ1) is 27.8. The van der Waals surface area contributed by atoms with Crippen LogP contribution in [0.25, 0.3) is 15.7 Å². The summed E-state index contributed by atoms with van der Waals surface area (Å²) < 4.78 is 37.3. The van der Waals surface area contributed by atoms with E-state index in [0.717, 1.165) is 45.0 Å². The van der Waals surface area contributed by atoms with Gasteiger partial charge in [-0.05, 0) is 93.1 Å². The molecular formula is C28H34ClNO5S2. The fourth-order valence-corrected chi connectivity index (χ4v) is 7.21. The van der Waals surface area contributed by atoms with E-state index < -0.39 is 9.84 Å². The van der Waals surface area contributed by atoms with Crippen LogP contribution in [0, 0.1) is 0 Å². The summed E-state index contributed by atoms with van der Waals surface area (Å²) >= 11 is 1.57. The van der Waals surface area contributed by atoms with E-state index in [-0.39, 0.29) is 23.4 Å². The summed E-state index contributed by atoms with van der Waals surface area (Å²) in [6.07, 6.45) is 9.91. The monoisotopic (exact) mass is 563 g/mol. The highest BCUT2D eigenvalue weighted by molar-refractivity contribution is 7.91. The summed E-state index contributed by atoms with van der Waals surface area (Å²) in [6, 6.07) is 13.5. The van der Waals surface area contributed by atoms with Crippen LogP contribution in [0.3, 0.4) is 0 Å². The van der Waals surface area contributed by atoms with Gasteiger partial charge >= 0.3 is 0 Å². The average molecular weight is 564 g/mol. The van der Waals surface area contributed by atoms with Crippen molar-refractivity contribution < 1.29 is 23.0 Å². The van der Waals surface area contributed by atoms with Gasteiger partial charge in [-0.3, -0.25) is 0 Å². The van der Waals surface area contributed by atoms with Gasteiger partial charge in [0.25, 0.3) is 0 Å². The first-order valence-corrected chi connectivity index (χ1v) is 15.4. The third-order valence-corrected chi connectivity index (χ3v) is 9.93. The van der Waals surface area contributed by atoms with Crippen LogP contribution < -0.4 is 14.8 Å². The van der Waals surface area contributed by atoms with Gasteiger partial charge in [0.2, 0.25) is 0 Å². The Morgan fingerprint density at radius 3 is 2.54 bits per heavy atom. The Morgan fingerprint density at radius 2 is 1.86 bits per heavy atom. The van der Waals surface area contributed by atoms with E-state index in [2.05, 4.69) is 5.32 Å². The van der Waals surface area contributed by atoms with Crippen LogP contribution >= 0.6 is 23.7 Å². The summed E-state index contributed by atoms with van der Waals surface area (Å²) in [5.74, 6) is 2.48. The molecule has 2 N–H and O–H groups in total. The van der Waals surface area contributed by atoms with Crippen LogP contribution in [0.2, 0.25) is 0 Å². The molecule has 1 saturated heterocycles. The van der Waals surface area contributed by atoms with E-state index in [1.165, 1.54) is 25.5 Å². The zero-order chi connectivity index (χ0) is 25.1. The van der Waals surface area contributed by atoms with Gasteiger partial charge in [0, 0.05) is 22.4 Å². The van der Waals surface area contributed by atoms with Crippen LogP contribution in [-0.2, 0) is 9.84 Å². The van der Waals surface area contributed by atoms with Crippen molar-refractivity contribution in [1.29, 1.82) is 0 Å². The van der Waals surface area contributed by atoms with E-state index in [0.29, 0.717) is 37.7 Å². The number of piperidine rings is 1. The first-order chi connectivity index (χ1) is 17.4. The van der Waals surface area contributed by atoms with E-state index in [1.54, 1.807) is 23.5 Å². The molecule has 6 nitrogen and oxygen atoms in total.